The van der Waals surface area contributed by atoms with Gasteiger partial charge >= 0.3 is 5.97 Å². The molecule has 0 unspecified atom stereocenters. The molecule has 1 amide bonds. The first kappa shape index (κ1) is 17.7. The number of carbonyl (C=O) groups is 2. The van der Waals surface area contributed by atoms with Crippen LogP contribution in [0.1, 0.15) is 38.1 Å². The van der Waals surface area contributed by atoms with Crippen molar-refractivity contribution in [1.29, 1.82) is 0 Å². The van der Waals surface area contributed by atoms with Crippen LogP contribution in [0.3, 0.4) is 0 Å². The molecule has 1 rings (SSSR count). The average Bonchev–Trinajstić information content (AvgIpc) is 2.42. The van der Waals surface area contributed by atoms with E-state index >= 15 is 0 Å². The molecule has 0 aliphatic carbocycles. The van der Waals surface area contributed by atoms with Gasteiger partial charge in [-0.2, -0.15) is 0 Å². The molecule has 4 nitrogen and oxygen atoms in total. The Morgan fingerprint density at radius 1 is 1.19 bits per heavy atom. The molecule has 0 spiro atoms. The van der Waals surface area contributed by atoms with E-state index in [1.807, 2.05) is 33.8 Å². The van der Waals surface area contributed by atoms with Crippen molar-refractivity contribution < 1.29 is 14.3 Å². The van der Waals surface area contributed by atoms with Crippen LogP contribution in [0, 0.1) is 11.8 Å². The molecule has 0 saturated heterocycles. The van der Waals surface area contributed by atoms with Crippen molar-refractivity contribution in [3.05, 3.63) is 34.3 Å². The number of rotatable bonds is 6. The minimum Gasteiger partial charge on any atom is -0.464 e. The molecule has 0 aromatic heterocycles. The second-order valence-corrected chi connectivity index (χ2v) is 6.55. The van der Waals surface area contributed by atoms with Gasteiger partial charge in [-0.15, -0.1) is 0 Å². The maximum atomic E-state index is 12.3. The maximum absolute atomic E-state index is 12.3. The minimum absolute atomic E-state index is 0.0453. The van der Waals surface area contributed by atoms with E-state index in [1.165, 1.54) is 0 Å². The van der Waals surface area contributed by atoms with Crippen LogP contribution in [-0.2, 0) is 9.53 Å². The Labute approximate surface area is 134 Å². The highest BCUT2D eigenvalue weighted by atomic mass is 79.9. The topological polar surface area (TPSA) is 55.4 Å². The van der Waals surface area contributed by atoms with Gasteiger partial charge in [-0.3, -0.25) is 4.79 Å². The lowest BCUT2D eigenvalue weighted by Crippen LogP contribution is -2.45. The van der Waals surface area contributed by atoms with Gasteiger partial charge in [-0.25, -0.2) is 4.79 Å². The smallest absolute Gasteiger partial charge is 0.328 e. The lowest BCUT2D eigenvalue weighted by Gasteiger charge is -2.21. The van der Waals surface area contributed by atoms with Crippen molar-refractivity contribution in [2.75, 3.05) is 6.61 Å². The quantitative estimate of drug-likeness (QED) is 0.795. The number of halogens is 1. The van der Waals surface area contributed by atoms with Crippen LogP contribution in [0.15, 0.2) is 28.7 Å². The monoisotopic (exact) mass is 355 g/mol. The molecule has 116 valence electrons. The summed E-state index contributed by atoms with van der Waals surface area (Å²) in [5, 5.41) is 2.75. The zero-order valence-corrected chi connectivity index (χ0v) is 14.4. The molecule has 0 aliphatic heterocycles. The Bertz CT molecular complexity index is 500. The molecular formula is C16H22BrNO3. The highest BCUT2D eigenvalue weighted by Crippen LogP contribution is 2.16. The fourth-order valence-corrected chi connectivity index (χ4v) is 2.17. The predicted octanol–water partition coefficient (Wildman–Crippen LogP) is 3.40. The molecule has 5 heteroatoms. The van der Waals surface area contributed by atoms with Crippen LogP contribution in [0.4, 0.5) is 0 Å². The predicted molar refractivity (Wildman–Crippen MR) is 86.0 cm³/mol. The number of esters is 1. The van der Waals surface area contributed by atoms with Crippen molar-refractivity contribution in [3.8, 4) is 0 Å². The highest BCUT2D eigenvalue weighted by Gasteiger charge is 2.26. The molecule has 1 atom stereocenters. The molecule has 0 bridgehead atoms. The SMILES string of the molecule is CC(C)COC(=O)[C@@H](NC(=O)c1ccccc1Br)C(C)C. The first-order valence-corrected chi connectivity index (χ1v) is 7.84. The van der Waals surface area contributed by atoms with E-state index in [0.717, 1.165) is 0 Å². The summed E-state index contributed by atoms with van der Waals surface area (Å²) in [7, 11) is 0. The van der Waals surface area contributed by atoms with Crippen molar-refractivity contribution >= 4 is 27.8 Å². The van der Waals surface area contributed by atoms with Crippen molar-refractivity contribution in [1.82, 2.24) is 5.32 Å². The third kappa shape index (κ3) is 5.50. The van der Waals surface area contributed by atoms with Gasteiger partial charge < -0.3 is 10.1 Å². The van der Waals surface area contributed by atoms with Gasteiger partial charge in [0.15, 0.2) is 0 Å². The van der Waals surface area contributed by atoms with E-state index in [0.29, 0.717) is 16.6 Å². The molecule has 1 N–H and O–H groups in total. The summed E-state index contributed by atoms with van der Waals surface area (Å²) in [5.74, 6) is -0.460. The molecule has 0 fully saturated rings. The number of hydrogen-bond acceptors (Lipinski definition) is 3. The number of amides is 1. The standard InChI is InChI=1S/C16H22BrNO3/c1-10(2)9-21-16(20)14(11(3)4)18-15(19)12-7-5-6-8-13(12)17/h5-8,10-11,14H,9H2,1-4H3,(H,18,19)/t14-/m0/s1. The Kier molecular flexibility index (Phi) is 6.89. The number of ether oxygens (including phenoxy) is 1. The molecule has 0 aliphatic rings. The van der Waals surface area contributed by atoms with E-state index in [1.54, 1.807) is 18.2 Å². The minimum atomic E-state index is -0.650. The normalized spacial score (nSPS) is 12.3. The van der Waals surface area contributed by atoms with Crippen LogP contribution in [0.25, 0.3) is 0 Å². The van der Waals surface area contributed by atoms with E-state index in [4.69, 9.17) is 4.74 Å². The summed E-state index contributed by atoms with van der Waals surface area (Å²) >= 11 is 3.33. The zero-order chi connectivity index (χ0) is 16.0. The first-order valence-electron chi connectivity index (χ1n) is 7.05. The van der Waals surface area contributed by atoms with Crippen molar-refractivity contribution in [2.45, 2.75) is 33.7 Å². The van der Waals surface area contributed by atoms with Crippen LogP contribution in [-0.4, -0.2) is 24.5 Å². The van der Waals surface area contributed by atoms with Crippen LogP contribution < -0.4 is 5.32 Å². The van der Waals surface area contributed by atoms with Gasteiger partial charge in [0, 0.05) is 4.47 Å². The number of benzene rings is 1. The highest BCUT2D eigenvalue weighted by molar-refractivity contribution is 9.10. The summed E-state index contributed by atoms with van der Waals surface area (Å²) in [6, 6.07) is 6.45. The van der Waals surface area contributed by atoms with Gasteiger partial charge in [0.25, 0.3) is 5.91 Å². The molecular weight excluding hydrogens is 334 g/mol. The van der Waals surface area contributed by atoms with Gasteiger partial charge in [-0.1, -0.05) is 39.8 Å². The summed E-state index contributed by atoms with van der Waals surface area (Å²) in [5.41, 5.74) is 0.500. The maximum Gasteiger partial charge on any atom is 0.328 e. The Morgan fingerprint density at radius 2 is 1.81 bits per heavy atom. The summed E-state index contributed by atoms with van der Waals surface area (Å²) in [4.78, 5) is 24.4. The number of nitrogens with one attached hydrogen (secondary N) is 1. The van der Waals surface area contributed by atoms with Crippen molar-refractivity contribution in [3.63, 3.8) is 0 Å². The summed E-state index contributed by atoms with van der Waals surface area (Å²) in [6.45, 7) is 8.05. The van der Waals surface area contributed by atoms with Gasteiger partial charge in [-0.05, 0) is 39.9 Å². The Morgan fingerprint density at radius 3 is 2.33 bits per heavy atom. The molecule has 1 aromatic rings. The second-order valence-electron chi connectivity index (χ2n) is 5.70. The molecule has 21 heavy (non-hydrogen) atoms. The van der Waals surface area contributed by atoms with E-state index in [2.05, 4.69) is 21.2 Å². The van der Waals surface area contributed by atoms with Gasteiger partial charge in [0.1, 0.15) is 6.04 Å². The van der Waals surface area contributed by atoms with Crippen LogP contribution in [0.2, 0.25) is 0 Å². The fraction of sp³-hybridized carbons (Fsp3) is 0.500. The fourth-order valence-electron chi connectivity index (χ4n) is 1.70. The average molecular weight is 356 g/mol. The third-order valence-corrected chi connectivity index (χ3v) is 3.58. The van der Waals surface area contributed by atoms with E-state index < -0.39 is 6.04 Å². The lowest BCUT2D eigenvalue weighted by atomic mass is 10.0. The molecule has 0 saturated carbocycles. The molecule has 0 heterocycles. The summed E-state index contributed by atoms with van der Waals surface area (Å²) in [6.07, 6.45) is 0. The van der Waals surface area contributed by atoms with Gasteiger partial charge in [0.05, 0.1) is 12.2 Å². The largest absolute Gasteiger partial charge is 0.464 e. The number of hydrogen-bond donors (Lipinski definition) is 1. The lowest BCUT2D eigenvalue weighted by molar-refractivity contribution is -0.148. The molecule has 0 radical (unpaired) electrons. The van der Waals surface area contributed by atoms with E-state index in [9.17, 15) is 9.59 Å². The third-order valence-electron chi connectivity index (χ3n) is 2.88. The zero-order valence-electron chi connectivity index (χ0n) is 12.9. The second kappa shape index (κ2) is 8.17. The van der Waals surface area contributed by atoms with Crippen LogP contribution in [0.5, 0.6) is 0 Å². The number of carbonyl (C=O) groups excluding carboxylic acids is 2. The van der Waals surface area contributed by atoms with Crippen LogP contribution >= 0.6 is 15.9 Å². The first-order chi connectivity index (χ1) is 9.82. The Balaban J connectivity index is 2.77. The summed E-state index contributed by atoms with van der Waals surface area (Å²) < 4.78 is 5.92. The van der Waals surface area contributed by atoms with E-state index in [-0.39, 0.29) is 23.7 Å². The Hall–Kier alpha value is -1.36. The van der Waals surface area contributed by atoms with Gasteiger partial charge in [0.2, 0.25) is 0 Å². The van der Waals surface area contributed by atoms with Crippen molar-refractivity contribution in [2.24, 2.45) is 11.8 Å². The molecule has 1 aromatic carbocycles.